The van der Waals surface area contributed by atoms with Gasteiger partial charge in [-0.25, -0.2) is 0 Å². The second-order valence-electron chi connectivity index (χ2n) is 6.56. The fourth-order valence-corrected chi connectivity index (χ4v) is 2.93. The molecule has 0 unspecified atom stereocenters. The minimum absolute atomic E-state index is 0.198. The van der Waals surface area contributed by atoms with Crippen LogP contribution in [0.15, 0.2) is 48.8 Å². The second kappa shape index (κ2) is 7.95. The molecule has 0 saturated heterocycles. The lowest BCUT2D eigenvalue weighted by molar-refractivity contribution is 0.0938. The number of aromatic amines is 1. The fraction of sp³-hybridized carbons (Fsp3) is 0.286. The number of hydrogen-bond donors (Lipinski definition) is 2. The summed E-state index contributed by atoms with van der Waals surface area (Å²) in [5, 5.41) is 10.2. The monoisotopic (exact) mass is 348 g/mol. The van der Waals surface area contributed by atoms with E-state index in [0.29, 0.717) is 5.69 Å². The maximum Gasteiger partial charge on any atom is 0.272 e. The van der Waals surface area contributed by atoms with Crippen LogP contribution in [0.1, 0.15) is 57.8 Å². The molecule has 0 aliphatic rings. The average Bonchev–Trinajstić information content (AvgIpc) is 3.12. The number of carbonyl (C=O) groups excluding carboxylic acids is 1. The molecule has 5 heteroatoms. The van der Waals surface area contributed by atoms with Crippen LogP contribution in [0, 0.1) is 13.8 Å². The lowest BCUT2D eigenvalue weighted by Gasteiger charge is -2.20. The van der Waals surface area contributed by atoms with E-state index in [1.807, 2.05) is 24.3 Å². The average molecular weight is 348 g/mol. The number of aromatic nitrogens is 3. The highest BCUT2D eigenvalue weighted by molar-refractivity contribution is 5.92. The summed E-state index contributed by atoms with van der Waals surface area (Å²) in [5.74, 6) is -0.198. The third kappa shape index (κ3) is 3.99. The van der Waals surface area contributed by atoms with Gasteiger partial charge in [0.15, 0.2) is 0 Å². The molecule has 1 aromatic carbocycles. The normalized spacial score (nSPS) is 12.0. The van der Waals surface area contributed by atoms with Crippen molar-refractivity contribution >= 4 is 5.91 Å². The molecule has 0 spiro atoms. The van der Waals surface area contributed by atoms with Gasteiger partial charge in [-0.15, -0.1) is 0 Å². The first-order chi connectivity index (χ1) is 12.6. The Hall–Kier alpha value is -2.95. The van der Waals surface area contributed by atoms with Crippen molar-refractivity contribution in [2.75, 3.05) is 0 Å². The van der Waals surface area contributed by atoms with E-state index in [9.17, 15) is 4.79 Å². The van der Waals surface area contributed by atoms with Gasteiger partial charge in [0.05, 0.1) is 6.04 Å². The van der Waals surface area contributed by atoms with Crippen molar-refractivity contribution in [2.24, 2.45) is 0 Å². The largest absolute Gasteiger partial charge is 0.340 e. The lowest BCUT2D eigenvalue weighted by Crippen LogP contribution is -2.29. The van der Waals surface area contributed by atoms with Gasteiger partial charge in [-0.3, -0.25) is 14.9 Å². The van der Waals surface area contributed by atoms with Gasteiger partial charge in [0.1, 0.15) is 5.69 Å². The summed E-state index contributed by atoms with van der Waals surface area (Å²) in [4.78, 5) is 17.0. The molecule has 0 bridgehead atoms. The zero-order chi connectivity index (χ0) is 18.5. The van der Waals surface area contributed by atoms with E-state index in [4.69, 9.17) is 0 Å². The highest BCUT2D eigenvalue weighted by Crippen LogP contribution is 2.24. The smallest absolute Gasteiger partial charge is 0.272 e. The summed E-state index contributed by atoms with van der Waals surface area (Å²) in [7, 11) is 0. The molecular weight excluding hydrogens is 324 g/mol. The van der Waals surface area contributed by atoms with E-state index >= 15 is 0 Å². The van der Waals surface area contributed by atoms with Gasteiger partial charge < -0.3 is 5.32 Å². The minimum atomic E-state index is -0.276. The number of benzene rings is 1. The van der Waals surface area contributed by atoms with Gasteiger partial charge >= 0.3 is 0 Å². The lowest BCUT2D eigenvalue weighted by atomic mass is 9.96. The molecule has 0 aliphatic heterocycles. The zero-order valence-corrected chi connectivity index (χ0v) is 15.4. The molecule has 5 nitrogen and oxygen atoms in total. The number of hydrogen-bond acceptors (Lipinski definition) is 3. The van der Waals surface area contributed by atoms with Crippen LogP contribution >= 0.6 is 0 Å². The number of rotatable bonds is 6. The first-order valence-corrected chi connectivity index (χ1v) is 8.90. The molecule has 1 amide bonds. The van der Waals surface area contributed by atoms with Gasteiger partial charge in [0.25, 0.3) is 5.91 Å². The third-order valence-corrected chi connectivity index (χ3v) is 4.54. The maximum atomic E-state index is 12.8. The zero-order valence-electron chi connectivity index (χ0n) is 15.4. The quantitative estimate of drug-likeness (QED) is 0.710. The summed E-state index contributed by atoms with van der Waals surface area (Å²) < 4.78 is 0. The van der Waals surface area contributed by atoms with Crippen molar-refractivity contribution < 1.29 is 4.79 Å². The van der Waals surface area contributed by atoms with Gasteiger partial charge in [-0.1, -0.05) is 37.6 Å². The molecule has 1 atom stereocenters. The van der Waals surface area contributed by atoms with Crippen molar-refractivity contribution in [3.63, 3.8) is 0 Å². The SMILES string of the molecule is CCCc1cc(C(=O)N[C@H](c2cccnc2)c2ccc(C)c(C)c2)n[nH]1. The standard InChI is InChI=1S/C21H24N4O/c1-4-6-18-12-19(25-24-18)21(26)23-20(17-7-5-10-22-13-17)16-9-8-14(2)15(3)11-16/h5,7-13,20H,4,6H2,1-3H3,(H,23,26)(H,24,25)/t20-/m0/s1. The van der Waals surface area contributed by atoms with E-state index in [2.05, 4.69) is 53.4 Å². The van der Waals surface area contributed by atoms with Gasteiger partial charge in [-0.05, 0) is 54.7 Å². The van der Waals surface area contributed by atoms with Crippen LogP contribution < -0.4 is 5.32 Å². The molecule has 3 rings (SSSR count). The number of nitrogens with one attached hydrogen (secondary N) is 2. The van der Waals surface area contributed by atoms with Crippen molar-refractivity contribution in [1.82, 2.24) is 20.5 Å². The second-order valence-corrected chi connectivity index (χ2v) is 6.56. The van der Waals surface area contributed by atoms with Gasteiger partial charge in [0.2, 0.25) is 0 Å². The van der Waals surface area contributed by atoms with Crippen LogP contribution in [-0.2, 0) is 6.42 Å². The molecule has 134 valence electrons. The van der Waals surface area contributed by atoms with Crippen molar-refractivity contribution in [3.8, 4) is 0 Å². The Morgan fingerprint density at radius 1 is 1.15 bits per heavy atom. The summed E-state index contributed by atoms with van der Waals surface area (Å²) in [6.07, 6.45) is 5.40. The first-order valence-electron chi connectivity index (χ1n) is 8.90. The number of aryl methyl sites for hydroxylation is 3. The van der Waals surface area contributed by atoms with Crippen LogP contribution in [0.4, 0.5) is 0 Å². The van der Waals surface area contributed by atoms with E-state index in [1.54, 1.807) is 12.4 Å². The topological polar surface area (TPSA) is 70.7 Å². The first kappa shape index (κ1) is 17.9. The Morgan fingerprint density at radius 2 is 2.00 bits per heavy atom. The van der Waals surface area contributed by atoms with Crippen LogP contribution in [0.5, 0.6) is 0 Å². The van der Waals surface area contributed by atoms with Crippen LogP contribution in [0.2, 0.25) is 0 Å². The number of carbonyl (C=O) groups is 1. The molecule has 0 fully saturated rings. The van der Waals surface area contributed by atoms with E-state index in [0.717, 1.165) is 29.7 Å². The highest BCUT2D eigenvalue weighted by atomic mass is 16.2. The molecule has 26 heavy (non-hydrogen) atoms. The van der Waals surface area contributed by atoms with Crippen molar-refractivity contribution in [2.45, 2.75) is 39.7 Å². The van der Waals surface area contributed by atoms with Crippen molar-refractivity contribution in [1.29, 1.82) is 0 Å². The van der Waals surface area contributed by atoms with Crippen LogP contribution in [0.25, 0.3) is 0 Å². The van der Waals surface area contributed by atoms with Gasteiger partial charge in [0, 0.05) is 18.1 Å². The van der Waals surface area contributed by atoms with E-state index in [1.165, 1.54) is 11.1 Å². The van der Waals surface area contributed by atoms with E-state index in [-0.39, 0.29) is 11.9 Å². The molecule has 2 aromatic heterocycles. The summed E-state index contributed by atoms with van der Waals surface area (Å²) in [6, 6.07) is 11.6. The molecule has 0 saturated carbocycles. The summed E-state index contributed by atoms with van der Waals surface area (Å²) in [5.41, 5.74) is 5.76. The number of pyridine rings is 1. The maximum absolute atomic E-state index is 12.8. The molecule has 0 radical (unpaired) electrons. The molecule has 2 heterocycles. The predicted molar refractivity (Wildman–Crippen MR) is 102 cm³/mol. The molecule has 2 N–H and O–H groups in total. The Bertz CT molecular complexity index is 886. The van der Waals surface area contributed by atoms with E-state index < -0.39 is 0 Å². The minimum Gasteiger partial charge on any atom is -0.340 e. The molecule has 0 aliphatic carbocycles. The predicted octanol–water partition coefficient (Wildman–Crippen LogP) is 3.89. The third-order valence-electron chi connectivity index (χ3n) is 4.54. The molecular formula is C21H24N4O. The Kier molecular flexibility index (Phi) is 5.46. The molecule has 3 aromatic rings. The Morgan fingerprint density at radius 3 is 2.69 bits per heavy atom. The number of amides is 1. The van der Waals surface area contributed by atoms with Gasteiger partial charge in [-0.2, -0.15) is 5.10 Å². The number of nitrogens with zero attached hydrogens (tertiary/aromatic N) is 2. The van der Waals surface area contributed by atoms with Crippen LogP contribution in [0.3, 0.4) is 0 Å². The van der Waals surface area contributed by atoms with Crippen LogP contribution in [-0.4, -0.2) is 21.1 Å². The summed E-state index contributed by atoms with van der Waals surface area (Å²) >= 11 is 0. The highest BCUT2D eigenvalue weighted by Gasteiger charge is 2.20. The summed E-state index contributed by atoms with van der Waals surface area (Å²) in [6.45, 7) is 6.25. The Balaban J connectivity index is 1.90. The Labute approximate surface area is 153 Å². The van der Waals surface area contributed by atoms with Crippen molar-refractivity contribution in [3.05, 3.63) is 82.4 Å². The number of H-pyrrole nitrogens is 1. The fourth-order valence-electron chi connectivity index (χ4n) is 2.93.